The second-order valence-electron chi connectivity index (χ2n) is 5.05. The van der Waals surface area contributed by atoms with E-state index in [0.717, 1.165) is 18.6 Å². The van der Waals surface area contributed by atoms with Gasteiger partial charge in [0.2, 0.25) is 0 Å². The number of nitrogens with one attached hydrogen (secondary N) is 1. The van der Waals surface area contributed by atoms with Gasteiger partial charge in [-0.1, -0.05) is 0 Å². The fourth-order valence-electron chi connectivity index (χ4n) is 2.57. The van der Waals surface area contributed by atoms with Gasteiger partial charge in [0.15, 0.2) is 11.6 Å². The fourth-order valence-corrected chi connectivity index (χ4v) is 2.57. The number of carbonyl (C=O) groups excluding carboxylic acids is 1. The molecule has 0 radical (unpaired) electrons. The zero-order chi connectivity index (χ0) is 16.1. The molecule has 1 aliphatic heterocycles. The molecule has 1 atom stereocenters. The summed E-state index contributed by atoms with van der Waals surface area (Å²) < 4.78 is 32.9. The van der Waals surface area contributed by atoms with Crippen LogP contribution in [0.5, 0.6) is 0 Å². The fraction of sp³-hybridized carbons (Fsp3) is 0.467. The molecule has 1 fully saturated rings. The van der Waals surface area contributed by atoms with E-state index >= 15 is 0 Å². The van der Waals surface area contributed by atoms with E-state index in [1.54, 1.807) is 17.9 Å². The molecule has 5 nitrogen and oxygen atoms in total. The minimum atomic E-state index is -0.770. The van der Waals surface area contributed by atoms with Gasteiger partial charge >= 0.3 is 6.09 Å². The van der Waals surface area contributed by atoms with Crippen LogP contribution in [0, 0.1) is 23.0 Å². The Labute approximate surface area is 127 Å². The summed E-state index contributed by atoms with van der Waals surface area (Å²) in [6.45, 7) is 2.74. The monoisotopic (exact) mass is 309 g/mol. The number of alkyl carbamates (subject to hydrolysis) is 1. The van der Waals surface area contributed by atoms with Crippen LogP contribution in [0.25, 0.3) is 0 Å². The van der Waals surface area contributed by atoms with Crippen molar-refractivity contribution >= 4 is 11.8 Å². The molecule has 0 unspecified atom stereocenters. The molecule has 1 amide bonds. The summed E-state index contributed by atoms with van der Waals surface area (Å²) >= 11 is 0. The molecule has 0 bridgehead atoms. The highest BCUT2D eigenvalue weighted by Gasteiger charge is 2.26. The van der Waals surface area contributed by atoms with Crippen LogP contribution in [0.4, 0.5) is 19.3 Å². The van der Waals surface area contributed by atoms with Crippen molar-refractivity contribution in [1.82, 2.24) is 5.32 Å². The van der Waals surface area contributed by atoms with Gasteiger partial charge in [-0.15, -0.1) is 0 Å². The number of carbonyl (C=O) groups is 1. The molecule has 118 valence electrons. The van der Waals surface area contributed by atoms with Gasteiger partial charge in [0.25, 0.3) is 0 Å². The van der Waals surface area contributed by atoms with Gasteiger partial charge < -0.3 is 15.0 Å². The molecule has 1 aliphatic rings. The van der Waals surface area contributed by atoms with Crippen molar-refractivity contribution in [3.8, 4) is 6.07 Å². The Hall–Kier alpha value is -2.36. The lowest BCUT2D eigenvalue weighted by Gasteiger charge is -2.34. The predicted molar refractivity (Wildman–Crippen MR) is 76.5 cm³/mol. The summed E-state index contributed by atoms with van der Waals surface area (Å²) in [6, 6.07) is 3.51. The van der Waals surface area contributed by atoms with E-state index in [-0.39, 0.29) is 23.9 Å². The molecule has 1 aromatic carbocycles. The SMILES string of the molecule is CCOC(=O)N[C@@H]1CCCN(c2c(F)cc(C#N)cc2F)C1. The third-order valence-electron chi connectivity index (χ3n) is 3.48. The van der Waals surface area contributed by atoms with Crippen LogP contribution in [-0.2, 0) is 4.74 Å². The molecular formula is C15H17F2N3O2. The third kappa shape index (κ3) is 3.64. The van der Waals surface area contributed by atoms with Crippen molar-refractivity contribution in [3.05, 3.63) is 29.3 Å². The Bertz CT molecular complexity index is 578. The number of nitrogens with zero attached hydrogens (tertiary/aromatic N) is 2. The molecule has 1 heterocycles. The van der Waals surface area contributed by atoms with Crippen molar-refractivity contribution in [2.45, 2.75) is 25.8 Å². The lowest BCUT2D eigenvalue weighted by atomic mass is 10.0. The molecule has 0 aromatic heterocycles. The van der Waals surface area contributed by atoms with Gasteiger partial charge in [-0.2, -0.15) is 5.26 Å². The Kier molecular flexibility index (Phi) is 5.15. The van der Waals surface area contributed by atoms with Gasteiger partial charge in [0, 0.05) is 19.1 Å². The number of benzene rings is 1. The Morgan fingerprint density at radius 2 is 2.18 bits per heavy atom. The molecule has 1 N–H and O–H groups in total. The summed E-state index contributed by atoms with van der Waals surface area (Å²) in [6.07, 6.45) is 0.875. The first-order chi connectivity index (χ1) is 10.5. The van der Waals surface area contributed by atoms with Gasteiger partial charge in [-0.25, -0.2) is 13.6 Å². The summed E-state index contributed by atoms with van der Waals surface area (Å²) in [5.41, 5.74) is -0.216. The smallest absolute Gasteiger partial charge is 0.407 e. The Morgan fingerprint density at radius 3 is 2.77 bits per heavy atom. The van der Waals surface area contributed by atoms with Crippen molar-refractivity contribution in [1.29, 1.82) is 5.26 Å². The molecule has 1 saturated heterocycles. The van der Waals surface area contributed by atoms with E-state index in [1.165, 1.54) is 0 Å². The number of rotatable bonds is 3. The molecule has 22 heavy (non-hydrogen) atoms. The summed E-state index contributed by atoms with van der Waals surface area (Å²) in [5, 5.41) is 11.4. The minimum Gasteiger partial charge on any atom is -0.450 e. The normalized spacial score (nSPS) is 17.7. The third-order valence-corrected chi connectivity index (χ3v) is 3.48. The van der Waals surface area contributed by atoms with Crippen LogP contribution < -0.4 is 10.2 Å². The van der Waals surface area contributed by atoms with Crippen LogP contribution in [0.15, 0.2) is 12.1 Å². The maximum atomic E-state index is 14.0. The molecule has 0 aliphatic carbocycles. The topological polar surface area (TPSA) is 65.4 Å². The minimum absolute atomic E-state index is 0.0584. The number of anilines is 1. The lowest BCUT2D eigenvalue weighted by Crippen LogP contribution is -2.48. The quantitative estimate of drug-likeness (QED) is 0.932. The van der Waals surface area contributed by atoms with Crippen LogP contribution in [0.1, 0.15) is 25.3 Å². The second kappa shape index (κ2) is 7.07. The first-order valence-electron chi connectivity index (χ1n) is 7.12. The van der Waals surface area contributed by atoms with E-state index in [1.807, 2.05) is 0 Å². The molecule has 0 saturated carbocycles. The highest BCUT2D eigenvalue weighted by atomic mass is 19.1. The van der Waals surface area contributed by atoms with Crippen molar-refractivity contribution in [2.75, 3.05) is 24.6 Å². The largest absolute Gasteiger partial charge is 0.450 e. The van der Waals surface area contributed by atoms with Crippen molar-refractivity contribution in [2.24, 2.45) is 0 Å². The van der Waals surface area contributed by atoms with Gasteiger partial charge in [-0.3, -0.25) is 0 Å². The van der Waals surface area contributed by atoms with Gasteiger partial charge in [0.05, 0.1) is 18.2 Å². The maximum absolute atomic E-state index is 14.0. The zero-order valence-corrected chi connectivity index (χ0v) is 12.2. The molecule has 7 heteroatoms. The number of ether oxygens (including phenoxy) is 1. The first-order valence-corrected chi connectivity index (χ1v) is 7.12. The maximum Gasteiger partial charge on any atom is 0.407 e. The number of piperidine rings is 1. The molecule has 2 rings (SSSR count). The number of amides is 1. The predicted octanol–water partition coefficient (Wildman–Crippen LogP) is 2.55. The van der Waals surface area contributed by atoms with Crippen LogP contribution in [-0.4, -0.2) is 31.8 Å². The van der Waals surface area contributed by atoms with Crippen molar-refractivity contribution < 1.29 is 18.3 Å². The highest BCUT2D eigenvalue weighted by molar-refractivity contribution is 5.67. The van der Waals surface area contributed by atoms with Crippen molar-refractivity contribution in [3.63, 3.8) is 0 Å². The van der Waals surface area contributed by atoms with Crippen LogP contribution in [0.3, 0.4) is 0 Å². The second-order valence-corrected chi connectivity index (χ2v) is 5.05. The van der Waals surface area contributed by atoms with E-state index < -0.39 is 17.7 Å². The standard InChI is InChI=1S/C15H17F2N3O2/c1-2-22-15(21)19-11-4-3-5-20(9-11)14-12(16)6-10(8-18)7-13(14)17/h6-7,11H,2-5,9H2,1H3,(H,19,21)/t11-/m1/s1. The summed E-state index contributed by atoms with van der Waals surface area (Å²) in [5.74, 6) is -1.54. The molecule has 0 spiro atoms. The highest BCUT2D eigenvalue weighted by Crippen LogP contribution is 2.27. The summed E-state index contributed by atoms with van der Waals surface area (Å²) in [7, 11) is 0. The van der Waals surface area contributed by atoms with E-state index in [9.17, 15) is 13.6 Å². The van der Waals surface area contributed by atoms with Crippen LogP contribution >= 0.6 is 0 Å². The average Bonchev–Trinajstić information content (AvgIpc) is 2.47. The van der Waals surface area contributed by atoms with E-state index in [0.29, 0.717) is 19.5 Å². The number of hydrogen-bond acceptors (Lipinski definition) is 4. The average molecular weight is 309 g/mol. The number of halogens is 2. The lowest BCUT2D eigenvalue weighted by molar-refractivity contribution is 0.146. The van der Waals surface area contributed by atoms with Gasteiger partial charge in [-0.05, 0) is 31.9 Å². The van der Waals surface area contributed by atoms with E-state index in [4.69, 9.17) is 10.00 Å². The Morgan fingerprint density at radius 1 is 1.50 bits per heavy atom. The number of hydrogen-bond donors (Lipinski definition) is 1. The molecule has 1 aromatic rings. The molecular weight excluding hydrogens is 292 g/mol. The Balaban J connectivity index is 2.13. The first kappa shape index (κ1) is 16.0. The number of nitriles is 1. The van der Waals surface area contributed by atoms with E-state index in [2.05, 4.69) is 5.32 Å². The van der Waals surface area contributed by atoms with Gasteiger partial charge in [0.1, 0.15) is 5.69 Å². The van der Waals surface area contributed by atoms with Crippen LogP contribution in [0.2, 0.25) is 0 Å². The zero-order valence-electron chi connectivity index (χ0n) is 12.2. The summed E-state index contributed by atoms with van der Waals surface area (Å²) in [4.78, 5) is 13.0.